The van der Waals surface area contributed by atoms with E-state index in [-0.39, 0.29) is 11.6 Å². The van der Waals surface area contributed by atoms with Gasteiger partial charge in [-0.25, -0.2) is 13.6 Å². The molecule has 1 N–H and O–H groups in total. The lowest BCUT2D eigenvalue weighted by atomic mass is 9.97. The van der Waals surface area contributed by atoms with Crippen molar-refractivity contribution in [3.63, 3.8) is 0 Å². The summed E-state index contributed by atoms with van der Waals surface area (Å²) < 4.78 is 31.2. The Hall–Kier alpha value is -3.43. The molecule has 2 aliphatic rings. The molecule has 0 saturated heterocycles. The van der Waals surface area contributed by atoms with Crippen LogP contribution in [0.1, 0.15) is 61.0 Å². The maximum atomic E-state index is 13.7. The van der Waals surface area contributed by atoms with E-state index < -0.39 is 6.43 Å². The number of benzene rings is 1. The molecule has 1 aromatic carbocycles. The van der Waals surface area contributed by atoms with E-state index in [0.29, 0.717) is 36.2 Å². The first-order valence-corrected chi connectivity index (χ1v) is 13.4. The molecule has 1 saturated carbocycles. The second-order valence-corrected chi connectivity index (χ2v) is 10.6. The van der Waals surface area contributed by atoms with Crippen LogP contribution in [0.3, 0.4) is 0 Å². The van der Waals surface area contributed by atoms with Gasteiger partial charge in [0.15, 0.2) is 5.82 Å². The lowest BCUT2D eigenvalue weighted by Crippen LogP contribution is -2.41. The van der Waals surface area contributed by atoms with E-state index in [4.69, 9.17) is 5.10 Å². The number of amides is 2. The van der Waals surface area contributed by atoms with Crippen molar-refractivity contribution in [1.29, 1.82) is 0 Å². The van der Waals surface area contributed by atoms with Gasteiger partial charge in [-0.2, -0.15) is 10.2 Å². The third-order valence-corrected chi connectivity index (χ3v) is 7.95. The summed E-state index contributed by atoms with van der Waals surface area (Å²) in [6.07, 6.45) is 5.75. The summed E-state index contributed by atoms with van der Waals surface area (Å²) in [6, 6.07) is 5.50. The lowest BCUT2D eigenvalue weighted by Gasteiger charge is -2.29. The number of fused-ring (bicyclic) bond motifs is 1. The van der Waals surface area contributed by atoms with Gasteiger partial charge in [0.25, 0.3) is 6.43 Å². The predicted octanol–water partition coefficient (Wildman–Crippen LogP) is 4.96. The molecular formula is C28H37F2N7O. The molecule has 5 rings (SSSR count). The summed E-state index contributed by atoms with van der Waals surface area (Å²) in [7, 11) is 5.50. The molecule has 0 radical (unpaired) electrons. The Labute approximate surface area is 222 Å². The van der Waals surface area contributed by atoms with E-state index in [0.717, 1.165) is 42.8 Å². The summed E-state index contributed by atoms with van der Waals surface area (Å²) in [5.41, 5.74) is 4.66. The number of alkyl halides is 2. The Morgan fingerprint density at radius 2 is 2.08 bits per heavy atom. The molecule has 3 heterocycles. The number of carbonyl (C=O) groups is 1. The van der Waals surface area contributed by atoms with Gasteiger partial charge in [0.2, 0.25) is 0 Å². The topological polar surface area (TPSA) is 71.2 Å². The van der Waals surface area contributed by atoms with Gasteiger partial charge in [0.05, 0.1) is 18.8 Å². The molecule has 1 aliphatic carbocycles. The quantitative estimate of drug-likeness (QED) is 0.429. The van der Waals surface area contributed by atoms with Crippen molar-refractivity contribution in [2.45, 2.75) is 58.0 Å². The standard InChI is InChI=1S/C28H37F2N7O/c1-18(20-8-9-20)37-25-11-13-36(28(38)31-2)17-24(25)27(33-37)34(3)12-5-6-19-7-10-22(26(29)30)23(14-19)21-15-32-35(4)16-21/h7,10,14-16,18,20,26H,5-6,8-9,11-13,17H2,1-4H3,(H,31,38)/t18-/m1/s1. The average Bonchev–Trinajstić information content (AvgIpc) is 3.57. The number of nitrogens with one attached hydrogen (secondary N) is 1. The highest BCUT2D eigenvalue weighted by Crippen LogP contribution is 2.42. The van der Waals surface area contributed by atoms with Crippen LogP contribution < -0.4 is 10.2 Å². The number of urea groups is 1. The molecule has 10 heteroatoms. The molecule has 1 aliphatic heterocycles. The first-order valence-electron chi connectivity index (χ1n) is 13.4. The van der Waals surface area contributed by atoms with E-state index in [1.807, 2.05) is 11.0 Å². The van der Waals surface area contributed by atoms with Crippen LogP contribution in [-0.4, -0.2) is 57.7 Å². The molecule has 1 atom stereocenters. The highest BCUT2D eigenvalue weighted by Gasteiger charge is 2.35. The fourth-order valence-corrected chi connectivity index (χ4v) is 5.57. The zero-order valence-electron chi connectivity index (χ0n) is 22.6. The number of aryl methyl sites for hydroxylation is 2. The molecule has 0 spiro atoms. The summed E-state index contributed by atoms with van der Waals surface area (Å²) >= 11 is 0. The van der Waals surface area contributed by atoms with Crippen LogP contribution in [0, 0.1) is 5.92 Å². The molecule has 3 aromatic rings. The fraction of sp³-hybridized carbons (Fsp3) is 0.536. The van der Waals surface area contributed by atoms with Crippen molar-refractivity contribution in [3.8, 4) is 11.1 Å². The van der Waals surface area contributed by atoms with Crippen molar-refractivity contribution in [1.82, 2.24) is 29.8 Å². The van der Waals surface area contributed by atoms with Gasteiger partial charge < -0.3 is 15.1 Å². The molecule has 204 valence electrons. The predicted molar refractivity (Wildman–Crippen MR) is 143 cm³/mol. The second-order valence-electron chi connectivity index (χ2n) is 10.6. The maximum Gasteiger partial charge on any atom is 0.317 e. The zero-order chi connectivity index (χ0) is 27.0. The third-order valence-electron chi connectivity index (χ3n) is 7.95. The molecule has 2 amide bonds. The van der Waals surface area contributed by atoms with Crippen molar-refractivity contribution in [2.75, 3.05) is 32.1 Å². The first-order chi connectivity index (χ1) is 18.3. The number of nitrogens with zero attached hydrogens (tertiary/aromatic N) is 6. The zero-order valence-corrected chi connectivity index (χ0v) is 22.6. The molecule has 38 heavy (non-hydrogen) atoms. The minimum Gasteiger partial charge on any atom is -0.358 e. The molecule has 8 nitrogen and oxygen atoms in total. The molecular weight excluding hydrogens is 488 g/mol. The third kappa shape index (κ3) is 5.26. The van der Waals surface area contributed by atoms with Crippen molar-refractivity contribution in [2.24, 2.45) is 13.0 Å². The van der Waals surface area contributed by atoms with Crippen LogP contribution in [0.15, 0.2) is 30.6 Å². The second kappa shape index (κ2) is 10.7. The summed E-state index contributed by atoms with van der Waals surface area (Å²) in [5.74, 6) is 1.62. The van der Waals surface area contributed by atoms with Gasteiger partial charge in [-0.05, 0) is 49.7 Å². The number of hydrogen-bond donors (Lipinski definition) is 1. The number of rotatable bonds is 9. The van der Waals surface area contributed by atoms with E-state index in [2.05, 4.69) is 34.0 Å². The number of hydrogen-bond acceptors (Lipinski definition) is 4. The number of anilines is 1. The first kappa shape index (κ1) is 26.2. The molecule has 0 bridgehead atoms. The highest BCUT2D eigenvalue weighted by molar-refractivity contribution is 5.74. The normalized spacial score (nSPS) is 16.0. The van der Waals surface area contributed by atoms with Gasteiger partial charge in [-0.1, -0.05) is 18.2 Å². The molecule has 2 aromatic heterocycles. The van der Waals surface area contributed by atoms with Crippen LogP contribution in [0.4, 0.5) is 19.4 Å². The highest BCUT2D eigenvalue weighted by atomic mass is 19.3. The summed E-state index contributed by atoms with van der Waals surface area (Å²) in [6.45, 7) is 4.26. The minimum absolute atomic E-state index is 0.0292. The Morgan fingerprint density at radius 1 is 1.29 bits per heavy atom. The Kier molecular flexibility index (Phi) is 7.40. The van der Waals surface area contributed by atoms with Gasteiger partial charge >= 0.3 is 6.03 Å². The van der Waals surface area contributed by atoms with Crippen molar-refractivity contribution in [3.05, 3.63) is 53.0 Å². The molecule has 0 unspecified atom stereocenters. The van der Waals surface area contributed by atoms with Crippen LogP contribution in [0.25, 0.3) is 11.1 Å². The van der Waals surface area contributed by atoms with Gasteiger partial charge in [0, 0.05) is 69.2 Å². The Balaban J connectivity index is 1.32. The van der Waals surface area contributed by atoms with Crippen LogP contribution >= 0.6 is 0 Å². The van der Waals surface area contributed by atoms with Gasteiger partial charge in [-0.15, -0.1) is 0 Å². The van der Waals surface area contributed by atoms with E-state index >= 15 is 0 Å². The Morgan fingerprint density at radius 3 is 2.74 bits per heavy atom. The van der Waals surface area contributed by atoms with Crippen LogP contribution in [0.2, 0.25) is 0 Å². The Bertz CT molecular complexity index is 1300. The van der Waals surface area contributed by atoms with Crippen LogP contribution in [-0.2, 0) is 26.4 Å². The number of carbonyl (C=O) groups excluding carboxylic acids is 1. The van der Waals surface area contributed by atoms with Gasteiger partial charge in [0.1, 0.15) is 0 Å². The maximum absolute atomic E-state index is 13.7. The van der Waals surface area contributed by atoms with Crippen LogP contribution in [0.5, 0.6) is 0 Å². The van der Waals surface area contributed by atoms with E-state index in [1.165, 1.54) is 24.6 Å². The van der Waals surface area contributed by atoms with E-state index in [1.54, 1.807) is 37.2 Å². The summed E-state index contributed by atoms with van der Waals surface area (Å²) in [5, 5.41) is 12.0. The SMILES string of the molecule is CNC(=O)N1CCc2c(c(N(C)CCCc3ccc(C(F)F)c(-c4cnn(C)c4)c3)nn2[C@H](C)C2CC2)C1. The average molecular weight is 526 g/mol. The number of aromatic nitrogens is 4. The van der Waals surface area contributed by atoms with Crippen molar-refractivity contribution >= 4 is 11.8 Å². The lowest BCUT2D eigenvalue weighted by molar-refractivity contribution is 0.152. The van der Waals surface area contributed by atoms with E-state index in [9.17, 15) is 13.6 Å². The molecule has 1 fully saturated rings. The fourth-order valence-electron chi connectivity index (χ4n) is 5.57. The smallest absolute Gasteiger partial charge is 0.317 e. The minimum atomic E-state index is -2.54. The summed E-state index contributed by atoms with van der Waals surface area (Å²) in [4.78, 5) is 16.4. The number of halogens is 2. The monoisotopic (exact) mass is 525 g/mol. The largest absolute Gasteiger partial charge is 0.358 e. The van der Waals surface area contributed by atoms with Gasteiger partial charge in [-0.3, -0.25) is 9.36 Å². The van der Waals surface area contributed by atoms with Crippen molar-refractivity contribution < 1.29 is 13.6 Å².